The van der Waals surface area contributed by atoms with Crippen LogP contribution in [0.1, 0.15) is 38.6 Å². The highest BCUT2D eigenvalue weighted by Gasteiger charge is 2.20. The van der Waals surface area contributed by atoms with Crippen molar-refractivity contribution >= 4 is 34.1 Å². The van der Waals surface area contributed by atoms with Gasteiger partial charge < -0.3 is 4.74 Å². The van der Waals surface area contributed by atoms with Gasteiger partial charge in [0, 0.05) is 11.9 Å². The summed E-state index contributed by atoms with van der Waals surface area (Å²) in [5.41, 5.74) is 1.30. The molecule has 124 valence electrons. The van der Waals surface area contributed by atoms with E-state index >= 15 is 0 Å². The first kappa shape index (κ1) is 16.0. The van der Waals surface area contributed by atoms with Gasteiger partial charge >= 0.3 is 5.97 Å². The Bertz CT molecular complexity index is 932. The minimum absolute atomic E-state index is 0.0256. The molecule has 0 spiro atoms. The van der Waals surface area contributed by atoms with E-state index in [0.29, 0.717) is 16.3 Å². The van der Waals surface area contributed by atoms with Crippen LogP contribution in [0.25, 0.3) is 5.78 Å². The summed E-state index contributed by atoms with van der Waals surface area (Å²) in [5, 5.41) is 6.99. The SMILES string of the molecule is CCOC(=O)c1sc(NC(=O)c2nc3nccc(C)n3n2)nc1C. The third-order valence-electron chi connectivity index (χ3n) is 3.11. The van der Waals surface area contributed by atoms with Crippen LogP contribution < -0.4 is 5.32 Å². The zero-order valence-electron chi connectivity index (χ0n) is 13.2. The third kappa shape index (κ3) is 2.95. The summed E-state index contributed by atoms with van der Waals surface area (Å²) in [6.07, 6.45) is 1.59. The van der Waals surface area contributed by atoms with Crippen molar-refractivity contribution in [3.05, 3.63) is 34.4 Å². The van der Waals surface area contributed by atoms with E-state index in [1.165, 1.54) is 4.52 Å². The second-order valence-electron chi connectivity index (χ2n) is 4.84. The molecule has 3 aromatic rings. The van der Waals surface area contributed by atoms with Crippen LogP contribution in [0.4, 0.5) is 5.13 Å². The number of hydrogen-bond acceptors (Lipinski definition) is 8. The molecule has 3 heterocycles. The number of rotatable bonds is 4. The van der Waals surface area contributed by atoms with Gasteiger partial charge in [-0.3, -0.25) is 10.1 Å². The summed E-state index contributed by atoms with van der Waals surface area (Å²) in [6.45, 7) is 5.51. The summed E-state index contributed by atoms with van der Waals surface area (Å²) in [5.74, 6) is -0.673. The number of nitrogens with one attached hydrogen (secondary N) is 1. The second kappa shape index (κ2) is 6.32. The van der Waals surface area contributed by atoms with Crippen molar-refractivity contribution in [2.24, 2.45) is 0 Å². The molecule has 0 aliphatic rings. The molecule has 24 heavy (non-hydrogen) atoms. The molecule has 0 unspecified atom stereocenters. The van der Waals surface area contributed by atoms with Gasteiger partial charge in [0.2, 0.25) is 5.82 Å². The second-order valence-corrected chi connectivity index (χ2v) is 5.84. The number of thiazole rings is 1. The highest BCUT2D eigenvalue weighted by atomic mass is 32.1. The minimum atomic E-state index is -0.524. The summed E-state index contributed by atoms with van der Waals surface area (Å²) >= 11 is 1.05. The van der Waals surface area contributed by atoms with Gasteiger partial charge in [-0.2, -0.15) is 4.98 Å². The van der Waals surface area contributed by atoms with E-state index in [0.717, 1.165) is 17.0 Å². The average molecular weight is 346 g/mol. The topological polar surface area (TPSA) is 111 Å². The maximum atomic E-state index is 12.3. The number of hydrogen-bond donors (Lipinski definition) is 1. The van der Waals surface area contributed by atoms with Gasteiger partial charge in [0.25, 0.3) is 11.7 Å². The number of aromatic nitrogens is 5. The molecule has 3 rings (SSSR count). The molecule has 0 aliphatic carbocycles. The molecule has 10 heteroatoms. The maximum absolute atomic E-state index is 12.3. The molecular weight excluding hydrogens is 332 g/mol. The molecule has 1 amide bonds. The van der Waals surface area contributed by atoms with Crippen LogP contribution in [0.5, 0.6) is 0 Å². The Kier molecular flexibility index (Phi) is 4.21. The molecular formula is C14H14N6O3S. The van der Waals surface area contributed by atoms with E-state index in [9.17, 15) is 9.59 Å². The lowest BCUT2D eigenvalue weighted by Crippen LogP contribution is -2.13. The molecule has 3 aromatic heterocycles. The van der Waals surface area contributed by atoms with Crippen molar-refractivity contribution in [1.29, 1.82) is 0 Å². The largest absolute Gasteiger partial charge is 0.462 e. The van der Waals surface area contributed by atoms with Crippen molar-refractivity contribution < 1.29 is 14.3 Å². The number of aryl methyl sites for hydroxylation is 2. The number of esters is 1. The number of carbonyl (C=O) groups excluding carboxylic acids is 2. The number of nitrogens with zero attached hydrogens (tertiary/aromatic N) is 5. The van der Waals surface area contributed by atoms with Crippen LogP contribution in [0.2, 0.25) is 0 Å². The molecule has 0 saturated carbocycles. The fourth-order valence-corrected chi connectivity index (χ4v) is 2.85. The lowest BCUT2D eigenvalue weighted by Gasteiger charge is -1.97. The molecule has 0 radical (unpaired) electrons. The zero-order valence-corrected chi connectivity index (χ0v) is 14.0. The maximum Gasteiger partial charge on any atom is 0.350 e. The Balaban J connectivity index is 1.82. The normalized spacial score (nSPS) is 10.8. The van der Waals surface area contributed by atoms with Crippen LogP contribution in [-0.4, -0.2) is 43.0 Å². The van der Waals surface area contributed by atoms with Gasteiger partial charge in [-0.25, -0.2) is 19.3 Å². The predicted molar refractivity (Wildman–Crippen MR) is 86.3 cm³/mol. The van der Waals surface area contributed by atoms with E-state index in [1.54, 1.807) is 26.1 Å². The highest BCUT2D eigenvalue weighted by Crippen LogP contribution is 2.23. The zero-order chi connectivity index (χ0) is 17.3. The third-order valence-corrected chi connectivity index (χ3v) is 4.16. The summed E-state index contributed by atoms with van der Waals surface area (Å²) < 4.78 is 6.43. The van der Waals surface area contributed by atoms with Gasteiger partial charge in [0.15, 0.2) is 5.13 Å². The smallest absolute Gasteiger partial charge is 0.350 e. The van der Waals surface area contributed by atoms with Crippen LogP contribution in [-0.2, 0) is 4.74 Å². The van der Waals surface area contributed by atoms with Crippen LogP contribution in [0.15, 0.2) is 12.3 Å². The van der Waals surface area contributed by atoms with Crippen molar-refractivity contribution in [3.63, 3.8) is 0 Å². The van der Waals surface area contributed by atoms with Crippen molar-refractivity contribution in [2.75, 3.05) is 11.9 Å². The molecule has 0 fully saturated rings. The first-order valence-electron chi connectivity index (χ1n) is 7.14. The Morgan fingerprint density at radius 2 is 2.12 bits per heavy atom. The Morgan fingerprint density at radius 3 is 2.83 bits per heavy atom. The van der Waals surface area contributed by atoms with Crippen molar-refractivity contribution in [3.8, 4) is 0 Å². The van der Waals surface area contributed by atoms with E-state index in [-0.39, 0.29) is 17.6 Å². The summed E-state index contributed by atoms with van der Waals surface area (Å²) in [6, 6.07) is 1.76. The minimum Gasteiger partial charge on any atom is -0.462 e. The number of amides is 1. The number of ether oxygens (including phenoxy) is 1. The van der Waals surface area contributed by atoms with Crippen LogP contribution >= 0.6 is 11.3 Å². The van der Waals surface area contributed by atoms with Crippen LogP contribution in [0, 0.1) is 13.8 Å². The monoisotopic (exact) mass is 346 g/mol. The van der Waals surface area contributed by atoms with E-state index in [4.69, 9.17) is 4.74 Å². The number of anilines is 1. The molecule has 0 bridgehead atoms. The summed E-state index contributed by atoms with van der Waals surface area (Å²) in [7, 11) is 0. The van der Waals surface area contributed by atoms with E-state index in [2.05, 4.69) is 25.4 Å². The van der Waals surface area contributed by atoms with Crippen molar-refractivity contribution in [2.45, 2.75) is 20.8 Å². The Hall–Kier alpha value is -2.88. The first-order chi connectivity index (χ1) is 11.5. The van der Waals surface area contributed by atoms with Gasteiger partial charge in [-0.05, 0) is 26.8 Å². The number of fused-ring (bicyclic) bond motifs is 1. The standard InChI is InChI=1S/C14H14N6O3S/c1-4-23-12(22)9-8(3)16-14(24-9)18-11(21)10-17-13-15-6-5-7(2)20(13)19-10/h5-6H,4H2,1-3H3,(H,16,18,21). The van der Waals surface area contributed by atoms with E-state index < -0.39 is 11.9 Å². The molecule has 9 nitrogen and oxygen atoms in total. The van der Waals surface area contributed by atoms with Crippen molar-refractivity contribution in [1.82, 2.24) is 24.6 Å². The van der Waals surface area contributed by atoms with Crippen LogP contribution in [0.3, 0.4) is 0 Å². The fourth-order valence-electron chi connectivity index (χ4n) is 1.99. The quantitative estimate of drug-likeness (QED) is 0.715. The Labute approximate surface area is 140 Å². The van der Waals surface area contributed by atoms with Gasteiger partial charge in [-0.15, -0.1) is 5.10 Å². The Morgan fingerprint density at radius 1 is 1.33 bits per heavy atom. The first-order valence-corrected chi connectivity index (χ1v) is 7.95. The number of carbonyl (C=O) groups is 2. The highest BCUT2D eigenvalue weighted by molar-refractivity contribution is 7.17. The predicted octanol–water partition coefficient (Wildman–Crippen LogP) is 1.63. The molecule has 1 N–H and O–H groups in total. The summed E-state index contributed by atoms with van der Waals surface area (Å²) in [4.78, 5) is 36.7. The van der Waals surface area contributed by atoms with Gasteiger partial charge in [-0.1, -0.05) is 11.3 Å². The molecule has 0 atom stereocenters. The fraction of sp³-hybridized carbons (Fsp3) is 0.286. The van der Waals surface area contributed by atoms with Gasteiger partial charge in [0.1, 0.15) is 4.88 Å². The van der Waals surface area contributed by atoms with E-state index in [1.807, 2.05) is 6.92 Å². The molecule has 0 saturated heterocycles. The average Bonchev–Trinajstić information content (AvgIpc) is 3.12. The lowest BCUT2D eigenvalue weighted by molar-refractivity contribution is 0.0531. The van der Waals surface area contributed by atoms with Gasteiger partial charge in [0.05, 0.1) is 12.3 Å². The molecule has 0 aliphatic heterocycles. The lowest BCUT2D eigenvalue weighted by atomic mass is 10.4. The molecule has 0 aromatic carbocycles.